The van der Waals surface area contributed by atoms with E-state index in [4.69, 9.17) is 0 Å². The molecule has 2 rings (SSSR count). The lowest BCUT2D eigenvalue weighted by Gasteiger charge is -2.37. The second-order valence-electron chi connectivity index (χ2n) is 6.62. The number of hydrogen-bond donors (Lipinski definition) is 0. The van der Waals surface area contributed by atoms with Gasteiger partial charge < -0.3 is 4.90 Å². The van der Waals surface area contributed by atoms with E-state index < -0.39 is 10.0 Å². The first-order valence-corrected chi connectivity index (χ1v) is 9.61. The summed E-state index contributed by atoms with van der Waals surface area (Å²) in [5.41, 5.74) is 1.70. The summed E-state index contributed by atoms with van der Waals surface area (Å²) in [6.07, 6.45) is 0. The summed E-state index contributed by atoms with van der Waals surface area (Å²) in [5.74, 6) is 0.0424. The fourth-order valence-corrected chi connectivity index (χ4v) is 4.72. The molecule has 1 saturated heterocycles. The van der Waals surface area contributed by atoms with Crippen molar-refractivity contribution in [2.75, 3.05) is 40.3 Å². The maximum Gasteiger partial charge on any atom is 0.243 e. The largest absolute Gasteiger partial charge is 0.347 e. The van der Waals surface area contributed by atoms with Gasteiger partial charge in [-0.25, -0.2) is 8.42 Å². The maximum absolute atomic E-state index is 12.9. The molecule has 0 saturated carbocycles. The van der Waals surface area contributed by atoms with Crippen molar-refractivity contribution in [1.82, 2.24) is 14.1 Å². The van der Waals surface area contributed by atoms with E-state index in [2.05, 4.69) is 0 Å². The molecule has 0 radical (unpaired) electrons. The molecule has 6 nitrogen and oxygen atoms in total. The number of amides is 1. The minimum Gasteiger partial charge on any atom is -0.347 e. The average Bonchev–Trinajstić information content (AvgIpc) is 2.55. The number of carbonyl (C=O) groups excluding carboxylic acids is 1. The van der Waals surface area contributed by atoms with Crippen LogP contribution in [-0.2, 0) is 14.8 Å². The molecule has 7 heteroatoms. The molecule has 0 aromatic heterocycles. The first kappa shape index (κ1) is 18.9. The van der Waals surface area contributed by atoms with Crippen molar-refractivity contribution in [3.63, 3.8) is 0 Å². The van der Waals surface area contributed by atoms with Crippen molar-refractivity contribution in [3.05, 3.63) is 29.3 Å². The van der Waals surface area contributed by atoms with Gasteiger partial charge in [0.15, 0.2) is 0 Å². The third kappa shape index (κ3) is 3.79. The van der Waals surface area contributed by atoms with Crippen LogP contribution in [0.25, 0.3) is 0 Å². The lowest BCUT2D eigenvalue weighted by molar-refractivity contribution is -0.134. The third-order valence-electron chi connectivity index (χ3n) is 4.58. The van der Waals surface area contributed by atoms with Gasteiger partial charge in [-0.3, -0.25) is 9.69 Å². The van der Waals surface area contributed by atoms with E-state index in [-0.39, 0.29) is 11.9 Å². The minimum atomic E-state index is -3.49. The normalized spacial score (nSPS) is 18.4. The van der Waals surface area contributed by atoms with Crippen molar-refractivity contribution >= 4 is 15.9 Å². The van der Waals surface area contributed by atoms with Gasteiger partial charge >= 0.3 is 0 Å². The predicted molar refractivity (Wildman–Crippen MR) is 94.4 cm³/mol. The molecule has 0 spiro atoms. The van der Waals surface area contributed by atoms with Crippen LogP contribution in [0.4, 0.5) is 0 Å². The van der Waals surface area contributed by atoms with Crippen molar-refractivity contribution < 1.29 is 13.2 Å². The van der Waals surface area contributed by atoms with Crippen LogP contribution in [0.3, 0.4) is 0 Å². The Morgan fingerprint density at radius 3 is 2.25 bits per heavy atom. The quantitative estimate of drug-likeness (QED) is 0.813. The van der Waals surface area contributed by atoms with Gasteiger partial charge in [-0.1, -0.05) is 12.1 Å². The molecule has 134 valence electrons. The van der Waals surface area contributed by atoms with E-state index in [1.807, 2.05) is 37.8 Å². The molecular weight excluding hydrogens is 326 g/mol. The van der Waals surface area contributed by atoms with Crippen LogP contribution in [0.5, 0.6) is 0 Å². The van der Waals surface area contributed by atoms with Gasteiger partial charge in [0.25, 0.3) is 0 Å². The Kier molecular flexibility index (Phi) is 5.67. The molecule has 0 bridgehead atoms. The van der Waals surface area contributed by atoms with Crippen LogP contribution < -0.4 is 0 Å². The molecule has 1 aliphatic rings. The van der Waals surface area contributed by atoms with Gasteiger partial charge in [-0.2, -0.15) is 4.31 Å². The summed E-state index contributed by atoms with van der Waals surface area (Å²) in [7, 11) is -0.0173. The highest BCUT2D eigenvalue weighted by molar-refractivity contribution is 7.89. The van der Waals surface area contributed by atoms with Gasteiger partial charge in [0, 0.05) is 40.3 Å². The fraction of sp³-hybridized carbons (Fsp3) is 0.588. The highest BCUT2D eigenvalue weighted by Gasteiger charge is 2.32. The van der Waals surface area contributed by atoms with E-state index in [1.54, 1.807) is 25.1 Å². The van der Waals surface area contributed by atoms with Gasteiger partial charge in [0.1, 0.15) is 0 Å². The Balaban J connectivity index is 2.11. The summed E-state index contributed by atoms with van der Waals surface area (Å²) in [4.78, 5) is 16.1. The highest BCUT2D eigenvalue weighted by Crippen LogP contribution is 2.23. The molecule has 1 aromatic rings. The summed E-state index contributed by atoms with van der Waals surface area (Å²) >= 11 is 0. The number of hydrogen-bond acceptors (Lipinski definition) is 4. The topological polar surface area (TPSA) is 60.9 Å². The molecular formula is C17H27N3O3S. The molecule has 1 aliphatic heterocycles. The molecule has 1 aromatic carbocycles. The molecule has 1 fully saturated rings. The van der Waals surface area contributed by atoms with E-state index in [0.717, 1.165) is 11.1 Å². The van der Waals surface area contributed by atoms with Crippen LogP contribution in [-0.4, -0.2) is 74.7 Å². The summed E-state index contributed by atoms with van der Waals surface area (Å²) < 4.78 is 27.3. The molecule has 1 heterocycles. The second-order valence-corrected chi connectivity index (χ2v) is 8.52. The Hall–Kier alpha value is -1.44. The number of carbonyl (C=O) groups is 1. The predicted octanol–water partition coefficient (Wildman–Crippen LogP) is 1.09. The Bertz CT molecular complexity index is 708. The summed E-state index contributed by atoms with van der Waals surface area (Å²) in [5, 5.41) is 0. The van der Waals surface area contributed by atoms with E-state index >= 15 is 0 Å². The lowest BCUT2D eigenvalue weighted by atomic mass is 10.2. The molecule has 24 heavy (non-hydrogen) atoms. The smallest absolute Gasteiger partial charge is 0.243 e. The SMILES string of the molecule is Cc1ccc(C)c(S(=O)(=O)N2CCN([C@@H](C)C(=O)N(C)C)CC2)c1. The van der Waals surface area contributed by atoms with Crippen molar-refractivity contribution in [3.8, 4) is 0 Å². The minimum absolute atomic E-state index is 0.0424. The van der Waals surface area contributed by atoms with Gasteiger partial charge in [-0.15, -0.1) is 0 Å². The highest BCUT2D eigenvalue weighted by atomic mass is 32.2. The number of nitrogens with zero attached hydrogens (tertiary/aromatic N) is 3. The zero-order valence-corrected chi connectivity index (χ0v) is 15.9. The van der Waals surface area contributed by atoms with Crippen molar-refractivity contribution in [2.24, 2.45) is 0 Å². The zero-order valence-electron chi connectivity index (χ0n) is 15.1. The molecule has 0 aliphatic carbocycles. The number of benzene rings is 1. The van der Waals surface area contributed by atoms with Gasteiger partial charge in [-0.05, 0) is 38.0 Å². The van der Waals surface area contributed by atoms with Crippen LogP contribution in [0.15, 0.2) is 23.1 Å². The maximum atomic E-state index is 12.9. The zero-order chi connectivity index (χ0) is 18.1. The Labute approximate surface area is 145 Å². The Morgan fingerprint density at radius 1 is 1.12 bits per heavy atom. The number of piperazine rings is 1. The van der Waals surface area contributed by atoms with Gasteiger partial charge in [0.2, 0.25) is 15.9 Å². The molecule has 1 atom stereocenters. The van der Waals surface area contributed by atoms with Crippen LogP contribution in [0.1, 0.15) is 18.1 Å². The third-order valence-corrected chi connectivity index (χ3v) is 6.62. The van der Waals surface area contributed by atoms with Crippen LogP contribution >= 0.6 is 0 Å². The fourth-order valence-electron chi connectivity index (χ4n) is 2.99. The van der Waals surface area contributed by atoms with Crippen molar-refractivity contribution in [2.45, 2.75) is 31.7 Å². The van der Waals surface area contributed by atoms with Gasteiger partial charge in [0.05, 0.1) is 10.9 Å². The molecule has 0 N–H and O–H groups in total. The number of aryl methyl sites for hydroxylation is 2. The first-order valence-electron chi connectivity index (χ1n) is 8.17. The number of likely N-dealkylation sites (N-methyl/N-ethyl adjacent to an activating group) is 1. The van der Waals surface area contributed by atoms with Crippen LogP contribution in [0, 0.1) is 13.8 Å². The van der Waals surface area contributed by atoms with E-state index in [9.17, 15) is 13.2 Å². The second kappa shape index (κ2) is 7.21. The number of sulfonamides is 1. The molecule has 1 amide bonds. The van der Waals surface area contributed by atoms with Crippen LogP contribution in [0.2, 0.25) is 0 Å². The standard InChI is InChI=1S/C17H27N3O3S/c1-13-6-7-14(2)16(12-13)24(22,23)20-10-8-19(9-11-20)15(3)17(21)18(4)5/h6-7,12,15H,8-11H2,1-5H3/t15-/m0/s1. The van der Waals surface area contributed by atoms with E-state index in [0.29, 0.717) is 31.1 Å². The van der Waals surface area contributed by atoms with E-state index in [1.165, 1.54) is 4.31 Å². The summed E-state index contributed by atoms with van der Waals surface area (Å²) in [6.45, 7) is 7.51. The first-order chi connectivity index (χ1) is 11.1. The molecule has 0 unspecified atom stereocenters. The average molecular weight is 353 g/mol. The monoisotopic (exact) mass is 353 g/mol. The lowest BCUT2D eigenvalue weighted by Crippen LogP contribution is -2.54. The number of rotatable bonds is 4. The van der Waals surface area contributed by atoms with Crippen molar-refractivity contribution in [1.29, 1.82) is 0 Å². The summed E-state index contributed by atoms with van der Waals surface area (Å²) in [6, 6.07) is 5.26. The Morgan fingerprint density at radius 2 is 1.71 bits per heavy atom.